The summed E-state index contributed by atoms with van der Waals surface area (Å²) in [5.41, 5.74) is 0.0378. The molecule has 3 N–H and O–H groups in total. The quantitative estimate of drug-likeness (QED) is 0.603. The van der Waals surface area contributed by atoms with Gasteiger partial charge in [0.15, 0.2) is 0 Å². The number of rotatable bonds is 8. The highest BCUT2D eigenvalue weighted by Crippen LogP contribution is 2.35. The third-order valence-corrected chi connectivity index (χ3v) is 3.17. The lowest BCUT2D eigenvalue weighted by Crippen LogP contribution is -2.46. The molecule has 0 radical (unpaired) electrons. The van der Waals surface area contributed by atoms with Crippen LogP contribution in [0, 0.1) is 10.8 Å². The normalized spacial score (nSPS) is 16.0. The van der Waals surface area contributed by atoms with E-state index in [0.29, 0.717) is 6.42 Å². The van der Waals surface area contributed by atoms with Gasteiger partial charge in [-0.3, -0.25) is 4.79 Å². The zero-order chi connectivity index (χ0) is 16.7. The molecule has 2 unspecified atom stereocenters. The summed E-state index contributed by atoms with van der Waals surface area (Å²) in [6.07, 6.45) is 4.69. The Morgan fingerprint density at radius 1 is 1.24 bits per heavy atom. The highest BCUT2D eigenvalue weighted by molar-refractivity contribution is 5.77. The minimum absolute atomic E-state index is 0.119. The fraction of sp³-hybridized carbons (Fsp3) is 0.824. The van der Waals surface area contributed by atoms with Crippen LogP contribution in [0.3, 0.4) is 0 Å². The minimum atomic E-state index is -0.857. The molecular weight excluding hydrogens is 266 g/mol. The number of allylic oxidation sites excluding steroid dienone is 1. The molecular formula is C17H33NO3. The van der Waals surface area contributed by atoms with Crippen molar-refractivity contribution in [1.29, 1.82) is 0 Å². The van der Waals surface area contributed by atoms with Crippen molar-refractivity contribution < 1.29 is 15.0 Å². The number of nitrogens with one attached hydrogen (secondary N) is 1. The van der Waals surface area contributed by atoms with Crippen LogP contribution in [0.25, 0.3) is 0 Å². The second kappa shape index (κ2) is 8.54. The van der Waals surface area contributed by atoms with Crippen molar-refractivity contribution >= 4 is 5.91 Å². The number of carbonyl (C=O) groups is 1. The van der Waals surface area contributed by atoms with Crippen molar-refractivity contribution in [3.63, 3.8) is 0 Å². The lowest BCUT2D eigenvalue weighted by atomic mass is 9.74. The molecule has 21 heavy (non-hydrogen) atoms. The van der Waals surface area contributed by atoms with Crippen molar-refractivity contribution in [2.45, 2.75) is 73.0 Å². The third kappa shape index (κ3) is 9.64. The predicted octanol–water partition coefficient (Wildman–Crippen LogP) is 2.64. The van der Waals surface area contributed by atoms with E-state index in [1.165, 1.54) is 0 Å². The molecule has 0 heterocycles. The molecule has 0 aliphatic carbocycles. The van der Waals surface area contributed by atoms with Crippen LogP contribution in [-0.4, -0.2) is 34.9 Å². The van der Waals surface area contributed by atoms with Crippen LogP contribution >= 0.6 is 0 Å². The van der Waals surface area contributed by atoms with Gasteiger partial charge < -0.3 is 15.5 Å². The van der Waals surface area contributed by atoms with E-state index in [9.17, 15) is 15.0 Å². The molecule has 0 spiro atoms. The van der Waals surface area contributed by atoms with E-state index in [2.05, 4.69) is 39.9 Å². The van der Waals surface area contributed by atoms with E-state index in [1.54, 1.807) is 6.08 Å². The highest BCUT2D eigenvalue weighted by atomic mass is 16.3. The molecule has 0 aromatic rings. The molecule has 0 aliphatic rings. The molecule has 4 heteroatoms. The van der Waals surface area contributed by atoms with Crippen LogP contribution in [0.5, 0.6) is 0 Å². The molecule has 0 saturated heterocycles. The predicted molar refractivity (Wildman–Crippen MR) is 86.9 cm³/mol. The Morgan fingerprint density at radius 3 is 2.24 bits per heavy atom. The average molecular weight is 299 g/mol. The van der Waals surface area contributed by atoms with Crippen LogP contribution in [0.15, 0.2) is 12.2 Å². The Morgan fingerprint density at radius 2 is 1.81 bits per heavy atom. The first kappa shape index (κ1) is 20.1. The molecule has 0 rings (SSSR count). The first-order chi connectivity index (χ1) is 9.50. The molecule has 0 aromatic carbocycles. The molecule has 0 aromatic heterocycles. The van der Waals surface area contributed by atoms with Gasteiger partial charge in [0.25, 0.3) is 0 Å². The Labute approximate surface area is 129 Å². The van der Waals surface area contributed by atoms with E-state index in [-0.39, 0.29) is 23.3 Å². The minimum Gasteiger partial charge on any atom is -0.394 e. The topological polar surface area (TPSA) is 69.6 Å². The second-order valence-corrected chi connectivity index (χ2v) is 7.76. The van der Waals surface area contributed by atoms with E-state index >= 15 is 0 Å². The summed E-state index contributed by atoms with van der Waals surface area (Å²) in [6.45, 7) is 12.3. The van der Waals surface area contributed by atoms with Gasteiger partial charge >= 0.3 is 0 Å². The molecule has 1 amide bonds. The number of amides is 1. The molecule has 0 bridgehead atoms. The van der Waals surface area contributed by atoms with Gasteiger partial charge in [0.2, 0.25) is 5.91 Å². The van der Waals surface area contributed by atoms with Crippen LogP contribution in [0.2, 0.25) is 0 Å². The maximum Gasteiger partial charge on any atom is 0.220 e. The first-order valence-electron chi connectivity index (χ1n) is 7.76. The van der Waals surface area contributed by atoms with E-state index in [0.717, 1.165) is 12.8 Å². The SMILES string of the molecule is CC/C=C/C(O)C(CO)NC(=O)CC(C)(C)CC(C)(C)C. The van der Waals surface area contributed by atoms with Crippen molar-refractivity contribution in [2.24, 2.45) is 10.8 Å². The van der Waals surface area contributed by atoms with Crippen LogP contribution in [0.1, 0.15) is 60.8 Å². The smallest absolute Gasteiger partial charge is 0.220 e. The molecule has 0 fully saturated rings. The van der Waals surface area contributed by atoms with Gasteiger partial charge in [-0.25, -0.2) is 0 Å². The molecule has 0 aliphatic heterocycles. The largest absolute Gasteiger partial charge is 0.394 e. The Bertz CT molecular complexity index is 342. The molecule has 124 valence electrons. The van der Waals surface area contributed by atoms with Gasteiger partial charge in [-0.05, 0) is 23.7 Å². The Kier molecular flexibility index (Phi) is 8.19. The van der Waals surface area contributed by atoms with Gasteiger partial charge in [0.1, 0.15) is 0 Å². The van der Waals surface area contributed by atoms with Gasteiger partial charge in [-0.1, -0.05) is 53.7 Å². The lowest BCUT2D eigenvalue weighted by Gasteiger charge is -2.32. The number of aliphatic hydroxyl groups is 2. The van der Waals surface area contributed by atoms with E-state index in [4.69, 9.17) is 0 Å². The highest BCUT2D eigenvalue weighted by Gasteiger charge is 2.29. The number of aliphatic hydroxyl groups excluding tert-OH is 2. The monoisotopic (exact) mass is 299 g/mol. The van der Waals surface area contributed by atoms with Crippen LogP contribution in [0.4, 0.5) is 0 Å². The zero-order valence-corrected chi connectivity index (χ0v) is 14.4. The summed E-state index contributed by atoms with van der Waals surface area (Å²) >= 11 is 0. The Hall–Kier alpha value is -0.870. The zero-order valence-electron chi connectivity index (χ0n) is 14.4. The van der Waals surface area contributed by atoms with Crippen molar-refractivity contribution in [3.05, 3.63) is 12.2 Å². The summed E-state index contributed by atoms with van der Waals surface area (Å²) in [6, 6.07) is -0.647. The Balaban J connectivity index is 4.55. The van der Waals surface area contributed by atoms with Crippen LogP contribution in [-0.2, 0) is 4.79 Å². The maximum absolute atomic E-state index is 12.1. The maximum atomic E-state index is 12.1. The third-order valence-electron chi connectivity index (χ3n) is 3.17. The van der Waals surface area contributed by atoms with E-state index < -0.39 is 12.1 Å². The molecule has 2 atom stereocenters. The number of carbonyl (C=O) groups excluding carboxylic acids is 1. The lowest BCUT2D eigenvalue weighted by molar-refractivity contribution is -0.125. The number of hydrogen-bond donors (Lipinski definition) is 3. The summed E-state index contributed by atoms with van der Waals surface area (Å²) in [5, 5.41) is 22.0. The average Bonchev–Trinajstić information content (AvgIpc) is 2.28. The standard InChI is InChI=1S/C17H33NO3/c1-7-8-9-14(20)13(11-19)18-15(21)10-17(5,6)12-16(2,3)4/h8-9,13-14,19-20H,7,10-12H2,1-6H3,(H,18,21)/b9-8+. The molecule has 0 saturated carbocycles. The second-order valence-electron chi connectivity index (χ2n) is 7.76. The summed E-state index contributed by atoms with van der Waals surface area (Å²) < 4.78 is 0. The van der Waals surface area contributed by atoms with E-state index in [1.807, 2.05) is 13.0 Å². The summed E-state index contributed by atoms with van der Waals surface area (Å²) in [5.74, 6) is -0.132. The fourth-order valence-corrected chi connectivity index (χ4v) is 2.84. The summed E-state index contributed by atoms with van der Waals surface area (Å²) in [4.78, 5) is 12.1. The fourth-order valence-electron chi connectivity index (χ4n) is 2.84. The molecule has 4 nitrogen and oxygen atoms in total. The van der Waals surface area contributed by atoms with Gasteiger partial charge in [-0.15, -0.1) is 0 Å². The number of hydrogen-bond acceptors (Lipinski definition) is 3. The van der Waals surface area contributed by atoms with Gasteiger partial charge in [-0.2, -0.15) is 0 Å². The first-order valence-corrected chi connectivity index (χ1v) is 7.76. The summed E-state index contributed by atoms with van der Waals surface area (Å²) in [7, 11) is 0. The van der Waals surface area contributed by atoms with Gasteiger partial charge in [0.05, 0.1) is 18.8 Å². The van der Waals surface area contributed by atoms with Crippen molar-refractivity contribution in [3.8, 4) is 0 Å². The van der Waals surface area contributed by atoms with Crippen LogP contribution < -0.4 is 5.32 Å². The van der Waals surface area contributed by atoms with Crippen molar-refractivity contribution in [1.82, 2.24) is 5.32 Å². The van der Waals surface area contributed by atoms with Crippen molar-refractivity contribution in [2.75, 3.05) is 6.61 Å². The van der Waals surface area contributed by atoms with Gasteiger partial charge in [0, 0.05) is 6.42 Å².